The second-order valence-electron chi connectivity index (χ2n) is 7.57. The van der Waals surface area contributed by atoms with E-state index in [1.54, 1.807) is 33.9 Å². The Balaban J connectivity index is 0.00000218. The highest BCUT2D eigenvalue weighted by atomic mass is 35.5. The molecule has 5 rings (SSSR count). The summed E-state index contributed by atoms with van der Waals surface area (Å²) in [6.07, 6.45) is 1.85. The average Bonchev–Trinajstić information content (AvgIpc) is 2.89. The van der Waals surface area contributed by atoms with Crippen molar-refractivity contribution in [1.82, 2.24) is 19.4 Å². The first-order valence-electron chi connectivity index (χ1n) is 9.57. The molecular formula is C22H19ClF2N4O. The first-order chi connectivity index (χ1) is 14.0. The van der Waals surface area contributed by atoms with Crippen LogP contribution in [-0.2, 0) is 13.0 Å². The van der Waals surface area contributed by atoms with Crippen molar-refractivity contribution in [2.75, 3.05) is 13.1 Å². The highest BCUT2D eigenvalue weighted by molar-refractivity contribution is 5.85. The van der Waals surface area contributed by atoms with Gasteiger partial charge >= 0.3 is 0 Å². The van der Waals surface area contributed by atoms with Crippen molar-refractivity contribution < 1.29 is 8.78 Å². The molecule has 0 aliphatic carbocycles. The lowest BCUT2D eigenvalue weighted by Crippen LogP contribution is -2.32. The first-order valence-corrected chi connectivity index (χ1v) is 9.57. The fraction of sp³-hybridized carbons (Fsp3) is 0.318. The Morgan fingerprint density at radius 1 is 1.13 bits per heavy atom. The lowest BCUT2D eigenvalue weighted by molar-refractivity contribution is 0.0116. The third-order valence-electron chi connectivity index (χ3n) is 5.55. The van der Waals surface area contributed by atoms with E-state index in [0.717, 1.165) is 5.56 Å². The monoisotopic (exact) mass is 428 g/mol. The summed E-state index contributed by atoms with van der Waals surface area (Å²) in [4.78, 5) is 23.6. The highest BCUT2D eigenvalue weighted by Gasteiger charge is 2.45. The van der Waals surface area contributed by atoms with Crippen LogP contribution >= 0.6 is 12.4 Å². The normalized spacial score (nSPS) is 19.7. The molecule has 1 saturated heterocycles. The minimum atomic E-state index is -2.67. The standard InChI is InChI=1S/C22H18F2N4O.ClH/c23-22(24)13-17-12-20-26-19-11-15(4-6-16-3-1-2-8-25-16)5-7-18(19)21(29)28(20)10-9-27(17)14-22;/h1-3,5,7-8,11,17H,9-10,12-14H2;1H. The summed E-state index contributed by atoms with van der Waals surface area (Å²) in [5, 5.41) is 0.518. The van der Waals surface area contributed by atoms with Crippen LogP contribution in [0.5, 0.6) is 0 Å². The van der Waals surface area contributed by atoms with E-state index >= 15 is 0 Å². The molecule has 0 N–H and O–H groups in total. The fourth-order valence-corrected chi connectivity index (χ4v) is 4.17. The van der Waals surface area contributed by atoms with Crippen LogP contribution < -0.4 is 5.56 Å². The van der Waals surface area contributed by atoms with E-state index in [9.17, 15) is 13.6 Å². The van der Waals surface area contributed by atoms with Gasteiger partial charge in [-0.15, -0.1) is 12.4 Å². The van der Waals surface area contributed by atoms with Gasteiger partial charge in [-0.2, -0.15) is 0 Å². The van der Waals surface area contributed by atoms with Gasteiger partial charge in [0.2, 0.25) is 0 Å². The van der Waals surface area contributed by atoms with Gasteiger partial charge in [-0.05, 0) is 36.3 Å². The molecule has 8 heteroatoms. The molecule has 3 aromatic rings. The van der Waals surface area contributed by atoms with Gasteiger partial charge in [-0.1, -0.05) is 12.0 Å². The van der Waals surface area contributed by atoms with Crippen molar-refractivity contribution in [1.29, 1.82) is 0 Å². The molecule has 0 saturated carbocycles. The van der Waals surface area contributed by atoms with Crippen molar-refractivity contribution >= 4 is 23.3 Å². The molecule has 0 bridgehead atoms. The van der Waals surface area contributed by atoms with Crippen LogP contribution in [-0.4, -0.2) is 44.5 Å². The summed E-state index contributed by atoms with van der Waals surface area (Å²) in [5.74, 6) is 3.94. The third-order valence-corrected chi connectivity index (χ3v) is 5.55. The van der Waals surface area contributed by atoms with Crippen LogP contribution in [0.2, 0.25) is 0 Å². The zero-order chi connectivity index (χ0) is 20.0. The largest absolute Gasteiger partial charge is 0.295 e. The van der Waals surface area contributed by atoms with Crippen molar-refractivity contribution in [3.63, 3.8) is 0 Å². The highest BCUT2D eigenvalue weighted by Crippen LogP contribution is 2.34. The minimum Gasteiger partial charge on any atom is -0.295 e. The van der Waals surface area contributed by atoms with Crippen LogP contribution in [0.15, 0.2) is 47.4 Å². The van der Waals surface area contributed by atoms with E-state index in [-0.39, 0.29) is 37.0 Å². The first kappa shape index (κ1) is 20.5. The summed E-state index contributed by atoms with van der Waals surface area (Å²) in [7, 11) is 0. The van der Waals surface area contributed by atoms with Crippen LogP contribution in [0.3, 0.4) is 0 Å². The number of hydrogen-bond donors (Lipinski definition) is 0. The van der Waals surface area contributed by atoms with Crippen LogP contribution in [0.4, 0.5) is 8.78 Å². The average molecular weight is 429 g/mol. The predicted molar refractivity (Wildman–Crippen MR) is 112 cm³/mol. The predicted octanol–water partition coefficient (Wildman–Crippen LogP) is 2.88. The van der Waals surface area contributed by atoms with Crippen molar-refractivity contribution in [2.24, 2.45) is 0 Å². The number of nitrogens with zero attached hydrogens (tertiary/aromatic N) is 4. The summed E-state index contributed by atoms with van der Waals surface area (Å²) in [6.45, 7) is 0.575. The minimum absolute atomic E-state index is 0. The Morgan fingerprint density at radius 2 is 2.00 bits per heavy atom. The molecule has 2 aromatic heterocycles. The van der Waals surface area contributed by atoms with Gasteiger partial charge < -0.3 is 0 Å². The van der Waals surface area contributed by atoms with E-state index in [2.05, 4.69) is 21.8 Å². The molecule has 0 spiro atoms. The maximum absolute atomic E-state index is 13.8. The number of fused-ring (bicyclic) bond motifs is 3. The SMILES string of the molecule is Cl.O=c1c2ccc(C#Cc3ccccn3)cc2nc2n1CCN1CC(F)(F)CC1C2. The molecule has 1 atom stereocenters. The molecule has 1 aromatic carbocycles. The summed E-state index contributed by atoms with van der Waals surface area (Å²) in [5.41, 5.74) is 1.81. The molecule has 0 radical (unpaired) electrons. The molecule has 5 nitrogen and oxygen atoms in total. The molecule has 30 heavy (non-hydrogen) atoms. The smallest absolute Gasteiger partial charge is 0.262 e. The van der Waals surface area contributed by atoms with Gasteiger partial charge in [-0.25, -0.2) is 18.7 Å². The van der Waals surface area contributed by atoms with Gasteiger partial charge in [-0.3, -0.25) is 14.3 Å². The zero-order valence-corrected chi connectivity index (χ0v) is 16.8. The summed E-state index contributed by atoms with van der Waals surface area (Å²) >= 11 is 0. The summed E-state index contributed by atoms with van der Waals surface area (Å²) < 4.78 is 29.3. The van der Waals surface area contributed by atoms with E-state index in [0.29, 0.717) is 41.9 Å². The molecule has 2 aliphatic rings. The molecule has 2 aliphatic heterocycles. The molecule has 1 unspecified atom stereocenters. The van der Waals surface area contributed by atoms with Crippen LogP contribution in [0.25, 0.3) is 10.9 Å². The molecule has 0 amide bonds. The van der Waals surface area contributed by atoms with Gasteiger partial charge in [0.25, 0.3) is 11.5 Å². The van der Waals surface area contributed by atoms with E-state index in [1.165, 1.54) is 0 Å². The van der Waals surface area contributed by atoms with Gasteiger partial charge in [0.05, 0.1) is 17.4 Å². The zero-order valence-electron chi connectivity index (χ0n) is 16.0. The Morgan fingerprint density at radius 3 is 2.80 bits per heavy atom. The lowest BCUT2D eigenvalue weighted by atomic mass is 10.1. The number of pyridine rings is 1. The number of rotatable bonds is 0. The topological polar surface area (TPSA) is 51.0 Å². The lowest BCUT2D eigenvalue weighted by Gasteiger charge is -2.18. The van der Waals surface area contributed by atoms with Crippen molar-refractivity contribution in [2.45, 2.75) is 31.4 Å². The maximum Gasteiger partial charge on any atom is 0.262 e. The van der Waals surface area contributed by atoms with Gasteiger partial charge in [0, 0.05) is 43.7 Å². The molecule has 4 heterocycles. The van der Waals surface area contributed by atoms with Gasteiger partial charge in [0.1, 0.15) is 11.5 Å². The van der Waals surface area contributed by atoms with Gasteiger partial charge in [0.15, 0.2) is 0 Å². The Labute approximate surface area is 178 Å². The maximum atomic E-state index is 13.8. The van der Waals surface area contributed by atoms with E-state index in [1.807, 2.05) is 18.2 Å². The number of benzene rings is 1. The second-order valence-corrected chi connectivity index (χ2v) is 7.57. The third kappa shape index (κ3) is 3.81. The van der Waals surface area contributed by atoms with E-state index in [4.69, 9.17) is 0 Å². The fourth-order valence-electron chi connectivity index (χ4n) is 4.17. The van der Waals surface area contributed by atoms with Crippen LogP contribution in [0, 0.1) is 11.8 Å². The number of aromatic nitrogens is 3. The quantitative estimate of drug-likeness (QED) is 0.517. The van der Waals surface area contributed by atoms with Crippen LogP contribution in [0.1, 0.15) is 23.5 Å². The van der Waals surface area contributed by atoms with Crippen molar-refractivity contribution in [3.8, 4) is 11.8 Å². The Bertz CT molecular complexity index is 1220. The Kier molecular flexibility index (Phi) is 5.31. The number of alkyl halides is 2. The van der Waals surface area contributed by atoms with Crippen molar-refractivity contribution in [3.05, 3.63) is 70.0 Å². The number of halogens is 3. The molecular weight excluding hydrogens is 410 g/mol. The molecule has 154 valence electrons. The second kappa shape index (κ2) is 7.78. The van der Waals surface area contributed by atoms with E-state index < -0.39 is 5.92 Å². The molecule has 1 fully saturated rings. The Hall–Kier alpha value is -2.82. The number of hydrogen-bond acceptors (Lipinski definition) is 4. The summed E-state index contributed by atoms with van der Waals surface area (Å²) in [6, 6.07) is 10.5.